The normalized spacial score (nSPS) is 13.9. The Hall–Kier alpha value is -5.50. The summed E-state index contributed by atoms with van der Waals surface area (Å²) in [5, 5.41) is 6.82. The van der Waals surface area contributed by atoms with Crippen molar-refractivity contribution in [3.8, 4) is 0 Å². The van der Waals surface area contributed by atoms with Crippen molar-refractivity contribution >= 4 is 40.9 Å². The van der Waals surface area contributed by atoms with Gasteiger partial charge in [-0.3, -0.25) is 19.4 Å². The number of H-pyrrole nitrogens is 2. The van der Waals surface area contributed by atoms with Crippen molar-refractivity contribution in [2.24, 2.45) is 22.2 Å². The number of hydrogen-bond acceptors (Lipinski definition) is 7. The summed E-state index contributed by atoms with van der Waals surface area (Å²) in [6, 6.07) is 12.0. The monoisotopic (exact) mass is 629 g/mol. The van der Waals surface area contributed by atoms with Crippen LogP contribution in [0.2, 0.25) is 1.41 Å². The van der Waals surface area contributed by atoms with E-state index in [-0.39, 0.29) is 44.6 Å². The summed E-state index contributed by atoms with van der Waals surface area (Å²) < 4.78 is 8.85. The fraction of sp³-hybridized carbons (Fsp3) is 0.312. The molecular formula is C32H40N10O4. The summed E-state index contributed by atoms with van der Waals surface area (Å²) in [4.78, 5) is 66.7. The van der Waals surface area contributed by atoms with Gasteiger partial charge in [0.15, 0.2) is 7.37 Å². The third-order valence-electron chi connectivity index (χ3n) is 7.35. The minimum atomic E-state index is -1.34. The predicted octanol–water partition coefficient (Wildman–Crippen LogP) is -0.0469. The zero-order chi connectivity index (χ0) is 33.8. The number of fused-ring (bicyclic) bond motifs is 1. The Balaban J connectivity index is 1.53. The average molecular weight is 630 g/mol. The molecule has 2 aromatic heterocycles. The maximum absolute atomic E-state index is 13.9. The number of nitrogens with one attached hydrogen (secondary N) is 5. The number of carbonyl (C=O) groups excluding carboxylic acids is 4. The molecule has 14 nitrogen and oxygen atoms in total. The van der Waals surface area contributed by atoms with E-state index in [9.17, 15) is 19.2 Å². The van der Waals surface area contributed by atoms with Gasteiger partial charge >= 0.3 is 0 Å². The van der Waals surface area contributed by atoms with E-state index >= 15 is 0 Å². The van der Waals surface area contributed by atoms with Crippen molar-refractivity contribution in [2.75, 3.05) is 6.54 Å². The van der Waals surface area contributed by atoms with Crippen LogP contribution in [0.1, 0.15) is 29.7 Å². The van der Waals surface area contributed by atoms with E-state index in [1.807, 2.05) is 30.3 Å². The van der Waals surface area contributed by atoms with Crippen LogP contribution >= 0.6 is 0 Å². The zero-order valence-electron chi connectivity index (χ0n) is 26.3. The van der Waals surface area contributed by atoms with Crippen LogP contribution in [-0.2, 0) is 38.4 Å². The molecule has 0 aliphatic carbocycles. The van der Waals surface area contributed by atoms with E-state index in [1.165, 1.54) is 6.33 Å². The maximum Gasteiger partial charge on any atom is 0.243 e. The topological polar surface area (TPSA) is 239 Å². The molecule has 0 radical (unpaired) electrons. The molecule has 2 heterocycles. The number of hydrogen-bond donors (Lipinski definition) is 8. The number of rotatable bonds is 17. The minimum Gasteiger partial charge on any atom is -0.370 e. The molecule has 0 aliphatic heterocycles. The van der Waals surface area contributed by atoms with Crippen molar-refractivity contribution < 1.29 is 20.6 Å². The molecule has 0 bridgehead atoms. The first-order valence-electron chi connectivity index (χ1n) is 15.4. The number of aromatic amines is 2. The smallest absolute Gasteiger partial charge is 0.243 e. The van der Waals surface area contributed by atoms with Crippen LogP contribution in [0.15, 0.2) is 78.3 Å². The summed E-state index contributed by atoms with van der Waals surface area (Å²) in [5.74, 6) is -2.30. The predicted molar refractivity (Wildman–Crippen MR) is 174 cm³/mol. The first-order chi connectivity index (χ1) is 22.7. The number of para-hydroxylation sites is 1. The Bertz CT molecular complexity index is 1660. The van der Waals surface area contributed by atoms with Crippen molar-refractivity contribution in [3.05, 3.63) is 90.1 Å². The molecule has 46 heavy (non-hydrogen) atoms. The number of aldehydes is 1. The molecule has 0 saturated carbocycles. The standard InChI is InChI=1S/C32H40N10O4/c33-25(15-22-17-36-19-39-22)29(44)42-28(13-20-7-2-1-3-8-20)31(46)41-27(11-6-12-37-32(34)35)30(45)40-23(18-43)14-21-16-38-26-10-5-4-9-24(21)26/h1-5,7-10,16-19,23,25,27-28,38H,6,11-15,33H2,(H,36,39)(H,40,45)(H,41,46)(H,42,44)(H4,34,35,37)/t23-,25-,27-,28-/m0/s1/i/hD. The highest BCUT2D eigenvalue weighted by atomic mass is 16.2. The van der Waals surface area contributed by atoms with Gasteiger partial charge in [0.05, 0.1) is 18.4 Å². The molecule has 3 amide bonds. The molecule has 0 spiro atoms. The van der Waals surface area contributed by atoms with E-state index in [1.54, 1.807) is 36.7 Å². The Labute approximate surface area is 267 Å². The van der Waals surface area contributed by atoms with E-state index in [4.69, 9.17) is 18.6 Å². The highest BCUT2D eigenvalue weighted by molar-refractivity contribution is 5.94. The van der Waals surface area contributed by atoms with Crippen molar-refractivity contribution in [1.29, 1.82) is 0 Å². The largest absolute Gasteiger partial charge is 0.370 e. The summed E-state index contributed by atoms with van der Waals surface area (Å²) in [6.45, 7) is 0.146. The lowest BCUT2D eigenvalue weighted by molar-refractivity contribution is -0.133. The number of benzene rings is 2. The second-order valence-corrected chi connectivity index (χ2v) is 10.9. The van der Waals surface area contributed by atoms with E-state index in [0.717, 1.165) is 22.0 Å². The van der Waals surface area contributed by atoms with Crippen LogP contribution in [0.4, 0.5) is 0 Å². The lowest BCUT2D eigenvalue weighted by Crippen LogP contribution is -2.57. The van der Waals surface area contributed by atoms with Gasteiger partial charge in [0.1, 0.15) is 18.4 Å². The van der Waals surface area contributed by atoms with Gasteiger partial charge in [-0.1, -0.05) is 48.5 Å². The average Bonchev–Trinajstić information content (AvgIpc) is 3.73. The van der Waals surface area contributed by atoms with Gasteiger partial charge < -0.3 is 47.9 Å². The molecule has 0 saturated heterocycles. The molecule has 242 valence electrons. The van der Waals surface area contributed by atoms with Crippen LogP contribution in [-0.4, -0.2) is 75.6 Å². The molecule has 0 unspecified atom stereocenters. The minimum absolute atomic E-state index is 0.00184. The number of nitrogens with zero attached hydrogens (tertiary/aromatic N) is 2. The molecular weight excluding hydrogens is 588 g/mol. The molecule has 11 N–H and O–H groups in total. The van der Waals surface area contributed by atoms with E-state index in [2.05, 4.69) is 30.6 Å². The number of carbonyl (C=O) groups is 4. The van der Waals surface area contributed by atoms with E-state index < -0.39 is 41.9 Å². The van der Waals surface area contributed by atoms with Crippen molar-refractivity contribution in [2.45, 2.75) is 56.3 Å². The molecule has 2 aromatic carbocycles. The third-order valence-corrected chi connectivity index (χ3v) is 7.35. The van der Waals surface area contributed by atoms with E-state index in [0.29, 0.717) is 17.3 Å². The lowest BCUT2D eigenvalue weighted by Gasteiger charge is -2.25. The summed E-state index contributed by atoms with van der Waals surface area (Å²) in [7, 11) is 0. The number of imidazole rings is 1. The Morgan fingerprint density at radius 1 is 0.935 bits per heavy atom. The van der Waals surface area contributed by atoms with Gasteiger partial charge in [-0.05, 0) is 30.0 Å². The summed E-state index contributed by atoms with van der Waals surface area (Å²) >= 11 is 0. The number of guanidine groups is 1. The number of aromatic nitrogens is 3. The first kappa shape index (κ1) is 31.9. The lowest BCUT2D eigenvalue weighted by atomic mass is 10.0. The molecule has 0 aliphatic rings. The van der Waals surface area contributed by atoms with Gasteiger partial charge in [-0.25, -0.2) is 4.98 Å². The molecule has 4 atom stereocenters. The van der Waals surface area contributed by atoms with Crippen molar-refractivity contribution in [3.63, 3.8) is 0 Å². The number of nitrogens with two attached hydrogens (primary N) is 3. The summed E-state index contributed by atoms with van der Waals surface area (Å²) in [5.41, 5.74) is 20.1. The second-order valence-electron chi connectivity index (χ2n) is 10.9. The molecule has 4 aromatic rings. The highest BCUT2D eigenvalue weighted by Crippen LogP contribution is 2.19. The first-order valence-corrected chi connectivity index (χ1v) is 14.9. The molecule has 0 fully saturated rings. The highest BCUT2D eigenvalue weighted by Gasteiger charge is 2.29. The van der Waals surface area contributed by atoms with Crippen molar-refractivity contribution in [1.82, 2.24) is 30.9 Å². The Kier molecular flexibility index (Phi) is 11.5. The maximum atomic E-state index is 13.9. The zero-order valence-corrected chi connectivity index (χ0v) is 25.3. The fourth-order valence-corrected chi connectivity index (χ4v) is 4.99. The van der Waals surface area contributed by atoms with Crippen LogP contribution in [0, 0.1) is 0 Å². The van der Waals surface area contributed by atoms with Crippen LogP contribution < -0.4 is 33.1 Å². The third kappa shape index (κ3) is 9.75. The molecule has 14 heteroatoms. The van der Waals surface area contributed by atoms with Crippen LogP contribution in [0.3, 0.4) is 0 Å². The van der Waals surface area contributed by atoms with Crippen LogP contribution in [0.5, 0.6) is 0 Å². The Morgan fingerprint density at radius 3 is 2.41 bits per heavy atom. The van der Waals surface area contributed by atoms with Gasteiger partial charge in [0, 0.05) is 54.8 Å². The van der Waals surface area contributed by atoms with Crippen LogP contribution in [0.25, 0.3) is 10.9 Å². The number of amides is 3. The van der Waals surface area contributed by atoms with Gasteiger partial charge in [-0.2, -0.15) is 0 Å². The Morgan fingerprint density at radius 2 is 1.70 bits per heavy atom. The number of aliphatic imine (C=N–C) groups is 1. The quantitative estimate of drug-likeness (QED) is 0.0340. The van der Waals surface area contributed by atoms with Gasteiger partial charge in [0.25, 0.3) is 0 Å². The SMILES string of the molecule is [2H]N(C(=O)[C@H](Cc1ccccc1)NC(=O)[C@@H](N)Cc1cnc[nH]1)[C@@H](CCCN=C(N)N)C(=O)N[C@H](C=O)Cc1c[nH]c2ccccc12. The second kappa shape index (κ2) is 16.5. The van der Waals surface area contributed by atoms with Gasteiger partial charge in [-0.15, -0.1) is 0 Å². The summed E-state index contributed by atoms with van der Waals surface area (Å²) in [6.07, 6.45) is 6.02. The fourth-order valence-electron chi connectivity index (χ4n) is 4.99. The molecule has 4 rings (SSSR count). The van der Waals surface area contributed by atoms with Gasteiger partial charge in [0.2, 0.25) is 17.7 Å².